The zero-order chi connectivity index (χ0) is 7.78. The lowest BCUT2D eigenvalue weighted by molar-refractivity contribution is 0.0926. The number of hydrogen-bond acceptors (Lipinski definition) is 0. The van der Waals surface area contributed by atoms with E-state index in [1.165, 1.54) is 6.92 Å². The fraction of sp³-hybridized carbons (Fsp3) is 0.429. The minimum Gasteiger partial charge on any atom is -0.238 e. The van der Waals surface area contributed by atoms with Crippen LogP contribution in [0.2, 0.25) is 0 Å². The number of halogens is 3. The zero-order valence-electron chi connectivity index (χ0n) is 5.44. The highest BCUT2D eigenvalue weighted by Gasteiger charge is 2.30. The van der Waals surface area contributed by atoms with E-state index < -0.39 is 12.1 Å². The normalized spacial score (nSPS) is 30.0. The average molecular weight is 148 g/mol. The molecule has 0 spiro atoms. The third-order valence-electron chi connectivity index (χ3n) is 1.42. The minimum atomic E-state index is -2.94. The van der Waals surface area contributed by atoms with Crippen molar-refractivity contribution < 1.29 is 13.2 Å². The van der Waals surface area contributed by atoms with E-state index in [0.717, 1.165) is 12.2 Å². The van der Waals surface area contributed by atoms with Gasteiger partial charge in [-0.1, -0.05) is 0 Å². The van der Waals surface area contributed by atoms with E-state index in [1.54, 1.807) is 0 Å². The van der Waals surface area contributed by atoms with Gasteiger partial charge in [-0.05, 0) is 30.7 Å². The fourth-order valence-electron chi connectivity index (χ4n) is 0.750. The summed E-state index contributed by atoms with van der Waals surface area (Å²) < 4.78 is 37.2. The number of allylic oxidation sites excluding steroid dienone is 4. The third-order valence-corrected chi connectivity index (χ3v) is 1.42. The zero-order valence-corrected chi connectivity index (χ0v) is 5.44. The Bertz CT molecular complexity index is 191. The molecule has 0 aromatic rings. The van der Waals surface area contributed by atoms with Crippen LogP contribution in [0.5, 0.6) is 0 Å². The molecule has 0 fully saturated rings. The molecule has 0 bridgehead atoms. The quantitative estimate of drug-likeness (QED) is 0.463. The van der Waals surface area contributed by atoms with Gasteiger partial charge in [-0.2, -0.15) is 8.78 Å². The van der Waals surface area contributed by atoms with Gasteiger partial charge in [0.15, 0.2) is 0 Å². The molecule has 0 amide bonds. The van der Waals surface area contributed by atoms with Crippen LogP contribution in [0.3, 0.4) is 0 Å². The molecule has 1 rings (SSSR count). The van der Waals surface area contributed by atoms with Gasteiger partial charge in [-0.25, -0.2) is 4.39 Å². The van der Waals surface area contributed by atoms with Gasteiger partial charge >= 0.3 is 0 Å². The van der Waals surface area contributed by atoms with E-state index in [9.17, 15) is 13.2 Å². The summed E-state index contributed by atoms with van der Waals surface area (Å²) in [5.74, 6) is -2.94. The van der Waals surface area contributed by atoms with E-state index in [0.29, 0.717) is 6.08 Å². The van der Waals surface area contributed by atoms with Crippen LogP contribution in [0.4, 0.5) is 13.2 Å². The van der Waals surface area contributed by atoms with Gasteiger partial charge in [-0.15, -0.1) is 0 Å². The molecule has 1 atom stereocenters. The summed E-state index contributed by atoms with van der Waals surface area (Å²) in [5, 5.41) is 0. The molecule has 0 N–H and O–H groups in total. The molecule has 1 aliphatic carbocycles. The second kappa shape index (κ2) is 2.15. The second-order valence-corrected chi connectivity index (χ2v) is 2.28. The van der Waals surface area contributed by atoms with Crippen LogP contribution in [-0.4, -0.2) is 12.1 Å². The van der Waals surface area contributed by atoms with Crippen molar-refractivity contribution in [3.63, 3.8) is 0 Å². The van der Waals surface area contributed by atoms with Crippen molar-refractivity contribution in [2.45, 2.75) is 19.0 Å². The summed E-state index contributed by atoms with van der Waals surface area (Å²) in [4.78, 5) is 0. The summed E-state index contributed by atoms with van der Waals surface area (Å²) in [6, 6.07) is 0. The predicted molar refractivity (Wildman–Crippen MR) is 32.7 cm³/mol. The summed E-state index contributed by atoms with van der Waals surface area (Å²) in [5.41, 5.74) is -0.220. The Morgan fingerprint density at radius 3 is 2.50 bits per heavy atom. The van der Waals surface area contributed by atoms with E-state index in [4.69, 9.17) is 0 Å². The van der Waals surface area contributed by atoms with Crippen molar-refractivity contribution in [3.05, 3.63) is 23.8 Å². The Balaban J connectivity index is 2.87. The lowest BCUT2D eigenvalue weighted by atomic mass is 10.0. The largest absolute Gasteiger partial charge is 0.287 e. The molecule has 0 saturated carbocycles. The molecule has 0 radical (unpaired) electrons. The fourth-order valence-corrected chi connectivity index (χ4v) is 0.750. The van der Waals surface area contributed by atoms with E-state index in [1.807, 2.05) is 0 Å². The summed E-state index contributed by atoms with van der Waals surface area (Å²) in [6.07, 6.45) is 1.01. The first-order chi connectivity index (χ1) is 4.52. The molecule has 3 heteroatoms. The lowest BCUT2D eigenvalue weighted by Gasteiger charge is -2.16. The van der Waals surface area contributed by atoms with Crippen molar-refractivity contribution in [1.82, 2.24) is 0 Å². The SMILES string of the molecule is CC1=CC(F)C=CC1(F)F. The highest BCUT2D eigenvalue weighted by atomic mass is 19.3. The molecular formula is C7H7F3. The van der Waals surface area contributed by atoms with E-state index in [-0.39, 0.29) is 5.57 Å². The summed E-state index contributed by atoms with van der Waals surface area (Å²) in [7, 11) is 0. The molecular weight excluding hydrogens is 141 g/mol. The third kappa shape index (κ3) is 1.23. The molecule has 1 aliphatic rings. The van der Waals surface area contributed by atoms with Crippen LogP contribution in [-0.2, 0) is 0 Å². The lowest BCUT2D eigenvalue weighted by Crippen LogP contribution is -2.19. The van der Waals surface area contributed by atoms with Crippen LogP contribution in [0, 0.1) is 0 Å². The Kier molecular flexibility index (Phi) is 1.58. The van der Waals surface area contributed by atoms with Crippen LogP contribution < -0.4 is 0 Å². The molecule has 56 valence electrons. The Morgan fingerprint density at radius 2 is 2.10 bits per heavy atom. The van der Waals surface area contributed by atoms with E-state index in [2.05, 4.69) is 0 Å². The molecule has 0 aromatic heterocycles. The van der Waals surface area contributed by atoms with Crippen molar-refractivity contribution in [2.24, 2.45) is 0 Å². The van der Waals surface area contributed by atoms with Crippen LogP contribution >= 0.6 is 0 Å². The Hall–Kier alpha value is -0.730. The Morgan fingerprint density at radius 1 is 1.50 bits per heavy atom. The number of alkyl halides is 3. The summed E-state index contributed by atoms with van der Waals surface area (Å²) in [6.45, 7) is 1.22. The smallest absolute Gasteiger partial charge is 0.238 e. The maximum atomic E-state index is 12.4. The van der Waals surface area contributed by atoms with Gasteiger partial charge in [0.1, 0.15) is 6.17 Å². The average Bonchev–Trinajstić information content (AvgIpc) is 1.81. The van der Waals surface area contributed by atoms with Gasteiger partial charge in [0, 0.05) is 0 Å². The molecule has 0 aromatic carbocycles. The molecule has 1 unspecified atom stereocenters. The van der Waals surface area contributed by atoms with Crippen molar-refractivity contribution in [1.29, 1.82) is 0 Å². The van der Waals surface area contributed by atoms with Crippen LogP contribution in [0.1, 0.15) is 6.92 Å². The first kappa shape index (κ1) is 7.38. The highest BCUT2D eigenvalue weighted by molar-refractivity contribution is 5.27. The van der Waals surface area contributed by atoms with Crippen molar-refractivity contribution in [3.8, 4) is 0 Å². The van der Waals surface area contributed by atoms with Crippen LogP contribution in [0.15, 0.2) is 23.8 Å². The maximum absolute atomic E-state index is 12.4. The van der Waals surface area contributed by atoms with Crippen molar-refractivity contribution in [2.75, 3.05) is 0 Å². The van der Waals surface area contributed by atoms with Gasteiger partial charge in [0.25, 0.3) is 5.92 Å². The molecule has 0 saturated heterocycles. The molecule has 0 heterocycles. The number of rotatable bonds is 0. The van der Waals surface area contributed by atoms with Gasteiger partial charge in [-0.3, -0.25) is 0 Å². The highest BCUT2D eigenvalue weighted by Crippen LogP contribution is 2.29. The van der Waals surface area contributed by atoms with Gasteiger partial charge < -0.3 is 0 Å². The number of hydrogen-bond donors (Lipinski definition) is 0. The van der Waals surface area contributed by atoms with E-state index >= 15 is 0 Å². The standard InChI is InChI=1S/C7H7F3/c1-5-4-6(8)2-3-7(5,9)10/h2-4,6H,1H3. The molecule has 0 aliphatic heterocycles. The van der Waals surface area contributed by atoms with Crippen LogP contribution in [0.25, 0.3) is 0 Å². The second-order valence-electron chi connectivity index (χ2n) is 2.28. The first-order valence-corrected chi connectivity index (χ1v) is 2.92. The first-order valence-electron chi connectivity index (χ1n) is 2.92. The van der Waals surface area contributed by atoms with Gasteiger partial charge in [0.05, 0.1) is 0 Å². The topological polar surface area (TPSA) is 0 Å². The van der Waals surface area contributed by atoms with Gasteiger partial charge in [0.2, 0.25) is 0 Å². The van der Waals surface area contributed by atoms with Crippen molar-refractivity contribution >= 4 is 0 Å². The minimum absolute atomic E-state index is 0.220. The molecule has 0 nitrogen and oxygen atoms in total. The summed E-state index contributed by atoms with van der Waals surface area (Å²) >= 11 is 0. The molecule has 10 heavy (non-hydrogen) atoms. The predicted octanol–water partition coefficient (Wildman–Crippen LogP) is 2.48. The Labute approximate surface area is 57.0 Å². The monoisotopic (exact) mass is 148 g/mol. The maximum Gasteiger partial charge on any atom is 0.287 e.